The van der Waals surface area contributed by atoms with Crippen LogP contribution < -0.4 is 0 Å². The standard InChI is InChI=1S/C14H18F2O2/c1-10-3-4-11(2)12(7-10)8-13(17)5-6-18-9-14(15)16/h3-4,7,14H,5-6,8-9H2,1-2H3. The van der Waals surface area contributed by atoms with Gasteiger partial charge in [0.2, 0.25) is 0 Å². The Bertz CT molecular complexity index is 403. The van der Waals surface area contributed by atoms with Gasteiger partial charge in [-0.15, -0.1) is 0 Å². The molecule has 0 unspecified atom stereocenters. The Labute approximate surface area is 106 Å². The first-order chi connectivity index (χ1) is 8.49. The van der Waals surface area contributed by atoms with Gasteiger partial charge >= 0.3 is 0 Å². The molecule has 0 aliphatic heterocycles. The van der Waals surface area contributed by atoms with Gasteiger partial charge in [-0.05, 0) is 25.0 Å². The van der Waals surface area contributed by atoms with E-state index in [1.165, 1.54) is 0 Å². The second-order valence-corrected chi connectivity index (χ2v) is 4.36. The third-order valence-electron chi connectivity index (χ3n) is 2.66. The highest BCUT2D eigenvalue weighted by atomic mass is 19.3. The number of halogens is 2. The van der Waals surface area contributed by atoms with Crippen LogP contribution >= 0.6 is 0 Å². The van der Waals surface area contributed by atoms with Gasteiger partial charge in [0, 0.05) is 12.8 Å². The van der Waals surface area contributed by atoms with Gasteiger partial charge in [-0.25, -0.2) is 8.78 Å². The lowest BCUT2D eigenvalue weighted by Gasteiger charge is -2.07. The molecule has 1 rings (SSSR count). The normalized spacial score (nSPS) is 10.9. The van der Waals surface area contributed by atoms with Gasteiger partial charge in [0.15, 0.2) is 0 Å². The number of hydrogen-bond donors (Lipinski definition) is 0. The summed E-state index contributed by atoms with van der Waals surface area (Å²) in [5, 5.41) is 0. The van der Waals surface area contributed by atoms with Crippen LogP contribution in [0, 0.1) is 13.8 Å². The number of rotatable bonds is 7. The summed E-state index contributed by atoms with van der Waals surface area (Å²) in [4.78, 5) is 11.7. The molecule has 0 heterocycles. The molecule has 1 aromatic rings. The van der Waals surface area contributed by atoms with Crippen LogP contribution in [0.3, 0.4) is 0 Å². The van der Waals surface area contributed by atoms with Crippen molar-refractivity contribution in [3.8, 4) is 0 Å². The van der Waals surface area contributed by atoms with Crippen LogP contribution in [0.4, 0.5) is 8.78 Å². The van der Waals surface area contributed by atoms with E-state index in [1.807, 2.05) is 32.0 Å². The number of alkyl halides is 2. The molecule has 0 spiro atoms. The lowest BCUT2D eigenvalue weighted by Crippen LogP contribution is -2.11. The van der Waals surface area contributed by atoms with E-state index in [2.05, 4.69) is 4.74 Å². The fourth-order valence-electron chi connectivity index (χ4n) is 1.65. The van der Waals surface area contributed by atoms with Crippen molar-refractivity contribution < 1.29 is 18.3 Å². The molecule has 0 fully saturated rings. The number of carbonyl (C=O) groups excluding carboxylic acids is 1. The van der Waals surface area contributed by atoms with Gasteiger partial charge in [-0.1, -0.05) is 23.8 Å². The van der Waals surface area contributed by atoms with Crippen LogP contribution in [0.5, 0.6) is 0 Å². The average Bonchev–Trinajstić information content (AvgIpc) is 2.29. The van der Waals surface area contributed by atoms with E-state index < -0.39 is 13.0 Å². The first-order valence-corrected chi connectivity index (χ1v) is 5.92. The zero-order chi connectivity index (χ0) is 13.5. The minimum atomic E-state index is -2.47. The Kier molecular flexibility index (Phi) is 5.92. The van der Waals surface area contributed by atoms with E-state index in [0.29, 0.717) is 6.42 Å². The summed E-state index contributed by atoms with van der Waals surface area (Å²) in [5.74, 6) is 0.0120. The Morgan fingerprint density at radius 3 is 2.72 bits per heavy atom. The summed E-state index contributed by atoms with van der Waals surface area (Å²) in [6.07, 6.45) is -1.95. The van der Waals surface area contributed by atoms with Crippen molar-refractivity contribution in [3.05, 3.63) is 34.9 Å². The van der Waals surface area contributed by atoms with Crippen molar-refractivity contribution in [1.82, 2.24) is 0 Å². The molecule has 0 saturated carbocycles. The molecule has 100 valence electrons. The van der Waals surface area contributed by atoms with Crippen molar-refractivity contribution in [1.29, 1.82) is 0 Å². The summed E-state index contributed by atoms with van der Waals surface area (Å²) in [5.41, 5.74) is 3.17. The molecule has 1 aromatic carbocycles. The van der Waals surface area contributed by atoms with Crippen LogP contribution in [-0.4, -0.2) is 25.4 Å². The molecule has 0 saturated heterocycles. The highest BCUT2D eigenvalue weighted by Gasteiger charge is 2.08. The number of aryl methyl sites for hydroxylation is 2. The molecule has 2 nitrogen and oxygen atoms in total. The second-order valence-electron chi connectivity index (χ2n) is 4.36. The molecule has 0 aliphatic rings. The number of benzene rings is 1. The minimum absolute atomic E-state index is 0.0120. The van der Waals surface area contributed by atoms with Gasteiger partial charge in [-0.3, -0.25) is 4.79 Å². The molecule has 0 aromatic heterocycles. The number of ketones is 1. The molecular weight excluding hydrogens is 238 g/mol. The number of ether oxygens (including phenoxy) is 1. The molecule has 0 N–H and O–H groups in total. The van der Waals surface area contributed by atoms with Gasteiger partial charge in [-0.2, -0.15) is 0 Å². The van der Waals surface area contributed by atoms with E-state index in [0.717, 1.165) is 16.7 Å². The van der Waals surface area contributed by atoms with Crippen molar-refractivity contribution in [2.45, 2.75) is 33.1 Å². The van der Waals surface area contributed by atoms with E-state index in [-0.39, 0.29) is 18.8 Å². The smallest absolute Gasteiger partial charge is 0.261 e. The first-order valence-electron chi connectivity index (χ1n) is 5.92. The number of carbonyl (C=O) groups is 1. The highest BCUT2D eigenvalue weighted by molar-refractivity contribution is 5.81. The molecular formula is C14H18F2O2. The maximum Gasteiger partial charge on any atom is 0.261 e. The summed E-state index contributed by atoms with van der Waals surface area (Å²) in [6.45, 7) is 3.39. The van der Waals surface area contributed by atoms with Gasteiger partial charge in [0.05, 0.1) is 6.61 Å². The van der Waals surface area contributed by atoms with E-state index in [4.69, 9.17) is 0 Å². The third kappa shape index (κ3) is 5.36. The van der Waals surface area contributed by atoms with Crippen LogP contribution in [0.25, 0.3) is 0 Å². The molecule has 0 amide bonds. The topological polar surface area (TPSA) is 26.3 Å². The maximum absolute atomic E-state index is 11.8. The molecule has 0 aliphatic carbocycles. The monoisotopic (exact) mass is 256 g/mol. The zero-order valence-electron chi connectivity index (χ0n) is 10.7. The summed E-state index contributed by atoms with van der Waals surface area (Å²) in [6, 6.07) is 5.95. The van der Waals surface area contributed by atoms with Gasteiger partial charge in [0.1, 0.15) is 12.4 Å². The Morgan fingerprint density at radius 1 is 1.33 bits per heavy atom. The first kappa shape index (κ1) is 14.8. The summed E-state index contributed by atoms with van der Waals surface area (Å²) in [7, 11) is 0. The van der Waals surface area contributed by atoms with Crippen molar-refractivity contribution in [3.63, 3.8) is 0 Å². The molecule has 18 heavy (non-hydrogen) atoms. The minimum Gasteiger partial charge on any atom is -0.375 e. The van der Waals surface area contributed by atoms with Crippen LogP contribution in [-0.2, 0) is 16.0 Å². The summed E-state index contributed by atoms with van der Waals surface area (Å²) >= 11 is 0. The van der Waals surface area contributed by atoms with Gasteiger partial charge in [0.25, 0.3) is 6.43 Å². The quantitative estimate of drug-likeness (QED) is 0.701. The Morgan fingerprint density at radius 2 is 2.06 bits per heavy atom. The Balaban J connectivity index is 2.38. The lowest BCUT2D eigenvalue weighted by atomic mass is 10.00. The van der Waals surface area contributed by atoms with Crippen LogP contribution in [0.1, 0.15) is 23.1 Å². The zero-order valence-corrected chi connectivity index (χ0v) is 10.7. The maximum atomic E-state index is 11.8. The predicted octanol–water partition coefficient (Wildman–Crippen LogP) is 3.09. The van der Waals surface area contributed by atoms with Crippen LogP contribution in [0.15, 0.2) is 18.2 Å². The number of hydrogen-bond acceptors (Lipinski definition) is 2. The third-order valence-corrected chi connectivity index (χ3v) is 2.66. The largest absolute Gasteiger partial charge is 0.375 e. The second kappa shape index (κ2) is 7.21. The summed E-state index contributed by atoms with van der Waals surface area (Å²) < 4.78 is 28.3. The highest BCUT2D eigenvalue weighted by Crippen LogP contribution is 2.12. The Hall–Kier alpha value is -1.29. The molecule has 0 radical (unpaired) electrons. The van der Waals surface area contributed by atoms with Crippen molar-refractivity contribution in [2.75, 3.05) is 13.2 Å². The van der Waals surface area contributed by atoms with Gasteiger partial charge < -0.3 is 4.74 Å². The van der Waals surface area contributed by atoms with E-state index in [9.17, 15) is 13.6 Å². The molecule has 0 atom stereocenters. The van der Waals surface area contributed by atoms with E-state index in [1.54, 1.807) is 0 Å². The lowest BCUT2D eigenvalue weighted by molar-refractivity contribution is -0.119. The number of Topliss-reactive ketones (excluding diaryl/α,β-unsaturated/α-hetero) is 1. The molecule has 4 heteroatoms. The SMILES string of the molecule is Cc1ccc(C)c(CC(=O)CCOCC(F)F)c1. The average molecular weight is 256 g/mol. The fraction of sp³-hybridized carbons (Fsp3) is 0.500. The van der Waals surface area contributed by atoms with E-state index >= 15 is 0 Å². The fourth-order valence-corrected chi connectivity index (χ4v) is 1.65. The van der Waals surface area contributed by atoms with Crippen molar-refractivity contribution in [2.24, 2.45) is 0 Å². The molecule has 0 bridgehead atoms. The van der Waals surface area contributed by atoms with Crippen LogP contribution in [0.2, 0.25) is 0 Å². The predicted molar refractivity (Wildman–Crippen MR) is 66.1 cm³/mol. The van der Waals surface area contributed by atoms with Crippen molar-refractivity contribution >= 4 is 5.78 Å².